The molecule has 0 bridgehead atoms. The zero-order chi connectivity index (χ0) is 14.2. The number of fused-ring (bicyclic) bond motifs is 1. The highest BCUT2D eigenvalue weighted by Gasteiger charge is 2.52. The average Bonchev–Trinajstić information content (AvgIpc) is 2.35. The van der Waals surface area contributed by atoms with Crippen molar-refractivity contribution in [3.05, 3.63) is 23.8 Å². The van der Waals surface area contributed by atoms with Gasteiger partial charge in [0.15, 0.2) is 0 Å². The number of rotatable bonds is 2. The smallest absolute Gasteiger partial charge is 0.426 e. The summed E-state index contributed by atoms with van der Waals surface area (Å²) in [6.07, 6.45) is -7.30. The molecule has 0 aliphatic carbocycles. The van der Waals surface area contributed by atoms with E-state index in [1.165, 1.54) is 19.2 Å². The number of carbonyl (C=O) groups is 1. The summed E-state index contributed by atoms with van der Waals surface area (Å²) in [6.45, 7) is 0. The van der Waals surface area contributed by atoms with E-state index in [4.69, 9.17) is 14.6 Å². The summed E-state index contributed by atoms with van der Waals surface area (Å²) in [4.78, 5) is 10.9. The van der Waals surface area contributed by atoms with Crippen LogP contribution in [0, 0.1) is 5.92 Å². The minimum Gasteiger partial charge on any atom is -0.497 e. The van der Waals surface area contributed by atoms with Gasteiger partial charge in [0.25, 0.3) is 0 Å². The Morgan fingerprint density at radius 1 is 1.47 bits per heavy atom. The number of halogens is 3. The van der Waals surface area contributed by atoms with E-state index >= 15 is 0 Å². The summed E-state index contributed by atoms with van der Waals surface area (Å²) in [7, 11) is 1.38. The predicted octanol–water partition coefficient (Wildman–Crippen LogP) is 2.26. The first kappa shape index (κ1) is 13.5. The molecule has 7 heteroatoms. The summed E-state index contributed by atoms with van der Waals surface area (Å²) in [5.74, 6) is -2.79. The third-order valence-corrected chi connectivity index (χ3v) is 2.97. The molecule has 0 fully saturated rings. The first-order chi connectivity index (χ1) is 8.82. The van der Waals surface area contributed by atoms with Crippen molar-refractivity contribution in [1.82, 2.24) is 0 Å². The Bertz CT molecular complexity index is 498. The van der Waals surface area contributed by atoms with Gasteiger partial charge in [0.2, 0.25) is 6.10 Å². The second kappa shape index (κ2) is 4.64. The molecule has 1 N–H and O–H groups in total. The van der Waals surface area contributed by atoms with E-state index in [9.17, 15) is 18.0 Å². The average molecular weight is 276 g/mol. The minimum atomic E-state index is -4.73. The maximum Gasteiger partial charge on any atom is 0.426 e. The van der Waals surface area contributed by atoms with Gasteiger partial charge >= 0.3 is 12.1 Å². The number of ether oxygens (including phenoxy) is 2. The molecule has 1 aliphatic heterocycles. The third-order valence-electron chi connectivity index (χ3n) is 2.97. The maximum absolute atomic E-state index is 12.8. The molecule has 2 atom stereocenters. The second-order valence-corrected chi connectivity index (χ2v) is 4.20. The predicted molar refractivity (Wildman–Crippen MR) is 58.3 cm³/mol. The number of methoxy groups -OCH3 is 1. The highest BCUT2D eigenvalue weighted by molar-refractivity contribution is 5.72. The van der Waals surface area contributed by atoms with Gasteiger partial charge in [0.1, 0.15) is 17.4 Å². The Hall–Kier alpha value is -1.92. The number of alkyl halides is 3. The molecule has 2 unspecified atom stereocenters. The van der Waals surface area contributed by atoms with Crippen molar-refractivity contribution in [1.29, 1.82) is 0 Å². The van der Waals surface area contributed by atoms with E-state index in [2.05, 4.69) is 0 Å². The van der Waals surface area contributed by atoms with E-state index in [1.54, 1.807) is 6.07 Å². The van der Waals surface area contributed by atoms with Crippen LogP contribution < -0.4 is 9.47 Å². The fourth-order valence-electron chi connectivity index (χ4n) is 2.01. The lowest BCUT2D eigenvalue weighted by Gasteiger charge is -2.32. The molecule has 0 saturated carbocycles. The molecule has 0 saturated heterocycles. The van der Waals surface area contributed by atoms with Crippen LogP contribution >= 0.6 is 0 Å². The molecule has 0 radical (unpaired) electrons. The SMILES string of the molecule is COc1ccc2c(c1)OC(C(F)(F)F)C(C(=O)O)C2. The molecule has 0 spiro atoms. The van der Waals surface area contributed by atoms with Gasteiger partial charge in [0, 0.05) is 6.07 Å². The second-order valence-electron chi connectivity index (χ2n) is 4.20. The van der Waals surface area contributed by atoms with Crippen molar-refractivity contribution in [2.75, 3.05) is 7.11 Å². The molecule has 1 aliphatic rings. The van der Waals surface area contributed by atoms with Crippen LogP contribution in [0.15, 0.2) is 18.2 Å². The van der Waals surface area contributed by atoms with Crippen LogP contribution in [0.25, 0.3) is 0 Å². The number of carboxylic acids is 1. The van der Waals surface area contributed by atoms with E-state index in [1.807, 2.05) is 0 Å². The van der Waals surface area contributed by atoms with Gasteiger partial charge in [-0.25, -0.2) is 0 Å². The lowest BCUT2D eigenvalue weighted by molar-refractivity contribution is -0.217. The Labute approximate surface area is 106 Å². The molecule has 104 valence electrons. The first-order valence-electron chi connectivity index (χ1n) is 5.46. The fraction of sp³-hybridized carbons (Fsp3) is 0.417. The van der Waals surface area contributed by atoms with Crippen LogP contribution in [-0.4, -0.2) is 30.5 Å². The molecular weight excluding hydrogens is 265 g/mol. The quantitative estimate of drug-likeness (QED) is 0.900. The van der Waals surface area contributed by atoms with E-state index in [0.717, 1.165) is 0 Å². The van der Waals surface area contributed by atoms with Crippen LogP contribution in [0.4, 0.5) is 13.2 Å². The Kier molecular flexibility index (Phi) is 3.30. The molecule has 19 heavy (non-hydrogen) atoms. The number of aliphatic carboxylic acids is 1. The minimum absolute atomic E-state index is 0.0131. The summed E-state index contributed by atoms with van der Waals surface area (Å²) in [5.41, 5.74) is 0.425. The van der Waals surface area contributed by atoms with Gasteiger partial charge in [-0.3, -0.25) is 4.79 Å². The first-order valence-corrected chi connectivity index (χ1v) is 5.46. The van der Waals surface area contributed by atoms with E-state index < -0.39 is 24.2 Å². The van der Waals surface area contributed by atoms with Gasteiger partial charge in [0.05, 0.1) is 7.11 Å². The van der Waals surface area contributed by atoms with Crippen LogP contribution in [0.3, 0.4) is 0 Å². The molecule has 1 heterocycles. The summed E-state index contributed by atoms with van der Waals surface area (Å²) < 4.78 is 48.2. The largest absolute Gasteiger partial charge is 0.497 e. The van der Waals surface area contributed by atoms with Crippen molar-refractivity contribution in [3.63, 3.8) is 0 Å². The normalized spacial score (nSPS) is 22.3. The third kappa shape index (κ3) is 2.59. The molecule has 1 aromatic carbocycles. The topological polar surface area (TPSA) is 55.8 Å². The van der Waals surface area contributed by atoms with Crippen LogP contribution in [0.2, 0.25) is 0 Å². The van der Waals surface area contributed by atoms with E-state index in [0.29, 0.717) is 11.3 Å². The summed E-state index contributed by atoms with van der Waals surface area (Å²) >= 11 is 0. The molecule has 4 nitrogen and oxygen atoms in total. The Balaban J connectivity index is 2.39. The molecule has 0 amide bonds. The lowest BCUT2D eigenvalue weighted by Crippen LogP contribution is -2.47. The zero-order valence-electron chi connectivity index (χ0n) is 9.90. The number of benzene rings is 1. The molecule has 0 aromatic heterocycles. The van der Waals surface area contributed by atoms with Crippen molar-refractivity contribution in [3.8, 4) is 11.5 Å². The Morgan fingerprint density at radius 3 is 2.68 bits per heavy atom. The summed E-state index contributed by atoms with van der Waals surface area (Å²) in [5, 5.41) is 8.89. The highest BCUT2D eigenvalue weighted by atomic mass is 19.4. The van der Waals surface area contributed by atoms with Crippen LogP contribution in [0.1, 0.15) is 5.56 Å². The number of hydrogen-bond acceptors (Lipinski definition) is 3. The van der Waals surface area contributed by atoms with Crippen molar-refractivity contribution < 1.29 is 32.5 Å². The maximum atomic E-state index is 12.8. The Morgan fingerprint density at radius 2 is 2.16 bits per heavy atom. The van der Waals surface area contributed by atoms with Crippen molar-refractivity contribution in [2.45, 2.75) is 18.7 Å². The van der Waals surface area contributed by atoms with E-state index in [-0.39, 0.29) is 12.2 Å². The van der Waals surface area contributed by atoms with Gasteiger partial charge in [-0.15, -0.1) is 0 Å². The zero-order valence-corrected chi connectivity index (χ0v) is 9.90. The van der Waals surface area contributed by atoms with Crippen molar-refractivity contribution >= 4 is 5.97 Å². The number of carboxylic acid groups (broad SMARTS) is 1. The van der Waals surface area contributed by atoms with Gasteiger partial charge < -0.3 is 14.6 Å². The fourth-order valence-corrected chi connectivity index (χ4v) is 2.01. The number of hydrogen-bond donors (Lipinski definition) is 1. The molecule has 2 rings (SSSR count). The van der Waals surface area contributed by atoms with Gasteiger partial charge in [-0.1, -0.05) is 6.07 Å². The summed E-state index contributed by atoms with van der Waals surface area (Å²) in [6, 6.07) is 4.39. The highest BCUT2D eigenvalue weighted by Crippen LogP contribution is 2.39. The molecular formula is C12H11F3O4. The monoisotopic (exact) mass is 276 g/mol. The van der Waals surface area contributed by atoms with Gasteiger partial charge in [-0.2, -0.15) is 13.2 Å². The molecule has 1 aromatic rings. The lowest BCUT2D eigenvalue weighted by atomic mass is 9.90. The van der Waals surface area contributed by atoms with Gasteiger partial charge in [-0.05, 0) is 18.1 Å². The standard InChI is InChI=1S/C12H11F3O4/c1-18-7-3-2-6-4-8(11(16)17)10(12(13,14)15)19-9(6)5-7/h2-3,5,8,10H,4H2,1H3,(H,16,17). The van der Waals surface area contributed by atoms with Crippen molar-refractivity contribution in [2.24, 2.45) is 5.92 Å². The van der Waals surface area contributed by atoms with Crippen LogP contribution in [0.5, 0.6) is 11.5 Å². The van der Waals surface area contributed by atoms with Crippen LogP contribution in [-0.2, 0) is 11.2 Å².